The highest BCUT2D eigenvalue weighted by Gasteiger charge is 2.52. The third kappa shape index (κ3) is 3.64. The fourth-order valence-corrected chi connectivity index (χ4v) is 9.04. The zero-order valence-electron chi connectivity index (χ0n) is 18.3. The normalized spacial score (nSPS) is 15.1. The molecule has 5 heteroatoms. The van der Waals surface area contributed by atoms with Gasteiger partial charge in [0.2, 0.25) is 0 Å². The predicted molar refractivity (Wildman–Crippen MR) is 128 cm³/mol. The van der Waals surface area contributed by atoms with Gasteiger partial charge in [0.05, 0.1) is 17.5 Å². The zero-order chi connectivity index (χ0) is 21.4. The number of pyridine rings is 1. The standard InChI is InChI=1S/C25H31N3OSi/c1-19-23(26)15-16-24(27-19)28-17-20(18-28)29-30(25(2,3)4,21-11-7-5-8-12-21)22-13-9-6-10-14-22/h5-16,20H,17-18,26H2,1-4H3. The Morgan fingerprint density at radius 1 is 0.900 bits per heavy atom. The van der Waals surface area contributed by atoms with Crippen molar-refractivity contribution in [1.29, 1.82) is 0 Å². The molecule has 2 heterocycles. The van der Waals surface area contributed by atoms with Crippen molar-refractivity contribution in [2.45, 2.75) is 38.8 Å². The fourth-order valence-electron chi connectivity index (χ4n) is 4.38. The van der Waals surface area contributed by atoms with Gasteiger partial charge < -0.3 is 15.1 Å². The van der Waals surface area contributed by atoms with Gasteiger partial charge in [-0.1, -0.05) is 81.4 Å². The first-order valence-electron chi connectivity index (χ1n) is 10.6. The lowest BCUT2D eigenvalue weighted by Gasteiger charge is -2.50. The molecule has 0 spiro atoms. The molecule has 0 saturated carbocycles. The van der Waals surface area contributed by atoms with Crippen molar-refractivity contribution >= 4 is 30.2 Å². The summed E-state index contributed by atoms with van der Waals surface area (Å²) in [5.74, 6) is 0.976. The van der Waals surface area contributed by atoms with Crippen LogP contribution in [0.3, 0.4) is 0 Å². The fraction of sp³-hybridized carbons (Fsp3) is 0.320. The van der Waals surface area contributed by atoms with Crippen molar-refractivity contribution in [3.63, 3.8) is 0 Å². The molecule has 0 atom stereocenters. The first-order valence-corrected chi connectivity index (χ1v) is 12.5. The van der Waals surface area contributed by atoms with Gasteiger partial charge in [0, 0.05) is 13.1 Å². The highest BCUT2D eigenvalue weighted by atomic mass is 28.4. The third-order valence-electron chi connectivity index (χ3n) is 6.04. The lowest BCUT2D eigenvalue weighted by molar-refractivity contribution is 0.154. The van der Waals surface area contributed by atoms with Crippen molar-refractivity contribution in [3.05, 3.63) is 78.5 Å². The maximum atomic E-state index is 7.16. The SMILES string of the molecule is Cc1nc(N2CC(O[Si](c3ccccc3)(c3ccccc3)C(C)(C)C)C2)ccc1N. The molecule has 2 aromatic carbocycles. The lowest BCUT2D eigenvalue weighted by atomic mass is 10.1. The summed E-state index contributed by atoms with van der Waals surface area (Å²) in [4.78, 5) is 6.92. The molecule has 0 amide bonds. The Bertz CT molecular complexity index is 956. The van der Waals surface area contributed by atoms with Crippen molar-refractivity contribution in [2.24, 2.45) is 0 Å². The van der Waals surface area contributed by atoms with Crippen molar-refractivity contribution in [1.82, 2.24) is 4.98 Å². The lowest BCUT2D eigenvalue weighted by Crippen LogP contribution is -2.70. The molecule has 0 unspecified atom stereocenters. The quantitative estimate of drug-likeness (QED) is 0.643. The molecule has 30 heavy (non-hydrogen) atoms. The van der Waals surface area contributed by atoms with Crippen LogP contribution < -0.4 is 21.0 Å². The molecule has 0 bridgehead atoms. The first-order chi connectivity index (χ1) is 14.3. The van der Waals surface area contributed by atoms with Gasteiger partial charge in [-0.2, -0.15) is 0 Å². The highest BCUT2D eigenvalue weighted by Crippen LogP contribution is 2.38. The van der Waals surface area contributed by atoms with Crippen LogP contribution in [0, 0.1) is 6.92 Å². The molecular weight excluding hydrogens is 386 g/mol. The number of nitrogens with two attached hydrogens (primary N) is 1. The number of nitrogen functional groups attached to an aromatic ring is 1. The second-order valence-electron chi connectivity index (χ2n) is 9.15. The Morgan fingerprint density at radius 3 is 1.90 bits per heavy atom. The van der Waals surface area contributed by atoms with Crippen LogP contribution in [0.15, 0.2) is 72.8 Å². The van der Waals surface area contributed by atoms with Gasteiger partial charge in [-0.05, 0) is 34.5 Å². The van der Waals surface area contributed by atoms with Crippen LogP contribution in [0.5, 0.6) is 0 Å². The minimum Gasteiger partial charge on any atom is -0.401 e. The van der Waals surface area contributed by atoms with Gasteiger partial charge in [0.15, 0.2) is 0 Å². The first kappa shape index (κ1) is 20.6. The van der Waals surface area contributed by atoms with Crippen LogP contribution in [0.4, 0.5) is 11.5 Å². The number of rotatable bonds is 5. The summed E-state index contributed by atoms with van der Waals surface area (Å²) >= 11 is 0. The Morgan fingerprint density at radius 2 is 1.43 bits per heavy atom. The summed E-state index contributed by atoms with van der Waals surface area (Å²) in [5, 5.41) is 2.64. The molecule has 1 saturated heterocycles. The molecule has 3 aromatic rings. The van der Waals surface area contributed by atoms with E-state index in [2.05, 4.69) is 91.3 Å². The highest BCUT2D eigenvalue weighted by molar-refractivity contribution is 6.99. The minimum absolute atomic E-state index is 0.00778. The van der Waals surface area contributed by atoms with E-state index in [1.54, 1.807) is 0 Å². The van der Waals surface area contributed by atoms with E-state index in [0.717, 1.165) is 30.3 Å². The van der Waals surface area contributed by atoms with E-state index in [-0.39, 0.29) is 11.1 Å². The molecule has 156 valence electrons. The average Bonchev–Trinajstić information content (AvgIpc) is 2.70. The van der Waals surface area contributed by atoms with Gasteiger partial charge in [-0.15, -0.1) is 0 Å². The van der Waals surface area contributed by atoms with E-state index in [1.807, 2.05) is 19.1 Å². The summed E-state index contributed by atoms with van der Waals surface area (Å²) < 4.78 is 7.16. The van der Waals surface area contributed by atoms with Gasteiger partial charge in [-0.3, -0.25) is 0 Å². The van der Waals surface area contributed by atoms with Gasteiger partial charge in [0.1, 0.15) is 5.82 Å². The van der Waals surface area contributed by atoms with E-state index < -0.39 is 8.32 Å². The molecule has 0 radical (unpaired) electrons. The zero-order valence-corrected chi connectivity index (χ0v) is 19.3. The van der Waals surface area contributed by atoms with Gasteiger partial charge >= 0.3 is 0 Å². The molecule has 4 rings (SSSR count). The molecule has 1 aliphatic heterocycles. The number of hydrogen-bond donors (Lipinski definition) is 1. The summed E-state index contributed by atoms with van der Waals surface area (Å²) in [6.07, 6.45) is 0.177. The van der Waals surface area contributed by atoms with E-state index in [1.165, 1.54) is 10.4 Å². The molecule has 4 nitrogen and oxygen atoms in total. The van der Waals surface area contributed by atoms with Crippen molar-refractivity contribution in [2.75, 3.05) is 23.7 Å². The van der Waals surface area contributed by atoms with Gasteiger partial charge in [0.25, 0.3) is 8.32 Å². The number of anilines is 2. The Kier molecular flexibility index (Phi) is 5.43. The maximum Gasteiger partial charge on any atom is 0.261 e. The predicted octanol–water partition coefficient (Wildman–Crippen LogP) is 3.74. The van der Waals surface area contributed by atoms with Crippen LogP contribution in [-0.2, 0) is 4.43 Å². The Balaban J connectivity index is 1.66. The molecule has 2 N–H and O–H groups in total. The maximum absolute atomic E-state index is 7.16. The molecule has 1 fully saturated rings. The number of nitrogens with zero attached hydrogens (tertiary/aromatic N) is 2. The van der Waals surface area contributed by atoms with Crippen molar-refractivity contribution in [3.8, 4) is 0 Å². The minimum atomic E-state index is -2.50. The molecule has 1 aromatic heterocycles. The van der Waals surface area contributed by atoms with E-state index in [0.29, 0.717) is 0 Å². The van der Waals surface area contributed by atoms with Gasteiger partial charge in [-0.25, -0.2) is 4.98 Å². The molecular formula is C25H31N3OSi. The smallest absolute Gasteiger partial charge is 0.261 e. The Labute approximate surface area is 180 Å². The van der Waals surface area contributed by atoms with Crippen LogP contribution in [0.1, 0.15) is 26.5 Å². The molecule has 0 aliphatic carbocycles. The number of benzene rings is 2. The van der Waals surface area contributed by atoms with E-state index >= 15 is 0 Å². The topological polar surface area (TPSA) is 51.4 Å². The summed E-state index contributed by atoms with van der Waals surface area (Å²) in [6, 6.07) is 25.6. The van der Waals surface area contributed by atoms with E-state index in [9.17, 15) is 0 Å². The average molecular weight is 418 g/mol. The van der Waals surface area contributed by atoms with Crippen LogP contribution >= 0.6 is 0 Å². The second-order valence-corrected chi connectivity index (χ2v) is 13.4. The number of aryl methyl sites for hydroxylation is 1. The number of hydrogen-bond acceptors (Lipinski definition) is 4. The van der Waals surface area contributed by atoms with E-state index in [4.69, 9.17) is 10.2 Å². The Hall–Kier alpha value is -2.63. The van der Waals surface area contributed by atoms with Crippen molar-refractivity contribution < 1.29 is 4.43 Å². The number of aromatic nitrogens is 1. The summed E-state index contributed by atoms with van der Waals surface area (Å²) in [7, 11) is -2.50. The molecule has 1 aliphatic rings. The van der Waals surface area contributed by atoms with Crippen LogP contribution in [0.25, 0.3) is 0 Å². The second kappa shape index (κ2) is 7.89. The van der Waals surface area contributed by atoms with Crippen LogP contribution in [0.2, 0.25) is 5.04 Å². The largest absolute Gasteiger partial charge is 0.401 e. The van der Waals surface area contributed by atoms with Crippen LogP contribution in [-0.4, -0.2) is 32.5 Å². The summed E-state index contributed by atoms with van der Waals surface area (Å²) in [6.45, 7) is 10.6. The third-order valence-corrected chi connectivity index (χ3v) is 11.1. The summed E-state index contributed by atoms with van der Waals surface area (Å²) in [5.41, 5.74) is 7.55. The monoisotopic (exact) mass is 417 g/mol.